The van der Waals surface area contributed by atoms with Crippen molar-refractivity contribution in [3.05, 3.63) is 52.9 Å². The van der Waals surface area contributed by atoms with E-state index in [1.807, 2.05) is 25.1 Å². The molecular formula is C21H23N3O3S. The number of anilines is 1. The van der Waals surface area contributed by atoms with E-state index < -0.39 is 0 Å². The number of carbonyl (C=O) groups is 1. The van der Waals surface area contributed by atoms with E-state index in [-0.39, 0.29) is 5.91 Å². The van der Waals surface area contributed by atoms with Crippen LogP contribution in [0.2, 0.25) is 0 Å². The van der Waals surface area contributed by atoms with Crippen LogP contribution in [0.4, 0.5) is 5.13 Å². The summed E-state index contributed by atoms with van der Waals surface area (Å²) in [6.07, 6.45) is 8.86. The molecule has 1 aliphatic rings. The van der Waals surface area contributed by atoms with E-state index in [0.717, 1.165) is 60.8 Å². The van der Waals surface area contributed by atoms with Gasteiger partial charge in [-0.25, -0.2) is 4.98 Å². The highest BCUT2D eigenvalue weighted by molar-refractivity contribution is 7.16. The van der Waals surface area contributed by atoms with Gasteiger partial charge in [0.1, 0.15) is 5.69 Å². The van der Waals surface area contributed by atoms with Crippen LogP contribution in [0.3, 0.4) is 0 Å². The number of ether oxygens (including phenoxy) is 1. The van der Waals surface area contributed by atoms with Gasteiger partial charge in [0, 0.05) is 30.5 Å². The maximum absolute atomic E-state index is 12.7. The molecule has 28 heavy (non-hydrogen) atoms. The molecule has 4 rings (SSSR count). The Morgan fingerprint density at radius 3 is 2.93 bits per heavy atom. The van der Waals surface area contributed by atoms with Gasteiger partial charge in [-0.1, -0.05) is 6.92 Å². The molecule has 1 N–H and O–H groups in total. The fourth-order valence-corrected chi connectivity index (χ4v) is 4.41. The van der Waals surface area contributed by atoms with Crippen molar-refractivity contribution >= 4 is 22.4 Å². The summed E-state index contributed by atoms with van der Waals surface area (Å²) in [5.41, 5.74) is 2.39. The van der Waals surface area contributed by atoms with Crippen LogP contribution in [0.5, 0.6) is 0 Å². The average Bonchev–Trinajstić information content (AvgIpc) is 3.39. The maximum atomic E-state index is 12.7. The minimum atomic E-state index is -0.194. The highest BCUT2D eigenvalue weighted by Gasteiger charge is 2.22. The number of furan rings is 1. The molecule has 146 valence electrons. The van der Waals surface area contributed by atoms with Gasteiger partial charge in [0.05, 0.1) is 11.8 Å². The van der Waals surface area contributed by atoms with Crippen molar-refractivity contribution in [2.75, 3.05) is 18.5 Å². The van der Waals surface area contributed by atoms with Crippen LogP contribution in [0.15, 0.2) is 41.3 Å². The summed E-state index contributed by atoms with van der Waals surface area (Å²) in [6.45, 7) is 3.66. The third-order valence-corrected chi connectivity index (χ3v) is 5.95. The van der Waals surface area contributed by atoms with E-state index in [4.69, 9.17) is 9.15 Å². The Hall–Kier alpha value is -2.51. The number of rotatable bonds is 6. The number of nitrogens with zero attached hydrogens (tertiary/aromatic N) is 2. The normalized spacial score (nSPS) is 14.9. The summed E-state index contributed by atoms with van der Waals surface area (Å²) < 4.78 is 11.1. The number of aromatic nitrogens is 2. The Morgan fingerprint density at radius 2 is 2.18 bits per heavy atom. The molecule has 0 unspecified atom stereocenters. The van der Waals surface area contributed by atoms with E-state index in [9.17, 15) is 4.79 Å². The first-order chi connectivity index (χ1) is 13.7. The van der Waals surface area contributed by atoms with Gasteiger partial charge in [-0.05, 0) is 55.4 Å². The lowest BCUT2D eigenvalue weighted by molar-refractivity contribution is 0.0667. The van der Waals surface area contributed by atoms with Crippen LogP contribution >= 0.6 is 11.3 Å². The number of thiazole rings is 1. The number of pyridine rings is 1. The number of aryl methyl sites for hydroxylation is 1. The van der Waals surface area contributed by atoms with Gasteiger partial charge in [0.15, 0.2) is 10.9 Å². The predicted molar refractivity (Wildman–Crippen MR) is 109 cm³/mol. The zero-order valence-electron chi connectivity index (χ0n) is 15.8. The topological polar surface area (TPSA) is 77.3 Å². The van der Waals surface area contributed by atoms with Crippen LogP contribution in [0, 0.1) is 5.92 Å². The molecule has 0 aromatic carbocycles. The number of hydrogen-bond acceptors (Lipinski definition) is 6. The first kappa shape index (κ1) is 18.8. The lowest BCUT2D eigenvalue weighted by Gasteiger charge is -2.21. The fraction of sp³-hybridized carbons (Fsp3) is 0.381. The van der Waals surface area contributed by atoms with Crippen LogP contribution < -0.4 is 5.32 Å². The van der Waals surface area contributed by atoms with Gasteiger partial charge in [-0.15, -0.1) is 11.3 Å². The van der Waals surface area contributed by atoms with Crippen molar-refractivity contribution in [3.8, 4) is 11.5 Å². The standard InChI is InChI=1S/C21H23N3O3S/c1-2-14-10-16(13-22-12-14)20(25)24-21-23-19(17-4-3-7-27-17)18(28-21)11-15-5-8-26-9-6-15/h3-4,7,10,12-13,15H,2,5-6,8-9,11H2,1H3,(H,23,24,25). The SMILES string of the molecule is CCc1cncc(C(=O)Nc2nc(-c3ccco3)c(CC3CCOCC3)s2)c1. The minimum absolute atomic E-state index is 0.194. The summed E-state index contributed by atoms with van der Waals surface area (Å²) in [4.78, 5) is 22.6. The number of nitrogens with one attached hydrogen (secondary N) is 1. The molecule has 1 saturated heterocycles. The molecule has 1 aliphatic heterocycles. The van der Waals surface area contributed by atoms with Gasteiger partial charge >= 0.3 is 0 Å². The monoisotopic (exact) mass is 397 g/mol. The molecule has 0 bridgehead atoms. The molecule has 0 spiro atoms. The molecular weight excluding hydrogens is 374 g/mol. The molecule has 0 atom stereocenters. The van der Waals surface area contributed by atoms with Gasteiger partial charge in [0.25, 0.3) is 5.91 Å². The molecule has 1 fully saturated rings. The summed E-state index contributed by atoms with van der Waals surface area (Å²) in [5, 5.41) is 3.52. The first-order valence-corrected chi connectivity index (χ1v) is 10.4. The molecule has 3 aromatic heterocycles. The zero-order valence-corrected chi connectivity index (χ0v) is 16.6. The Kier molecular flexibility index (Phi) is 5.83. The quantitative estimate of drug-likeness (QED) is 0.659. The summed E-state index contributed by atoms with van der Waals surface area (Å²) in [6, 6.07) is 5.63. The predicted octanol–water partition coefficient (Wildman–Crippen LogP) is 4.58. The smallest absolute Gasteiger partial charge is 0.259 e. The minimum Gasteiger partial charge on any atom is -0.463 e. The van der Waals surface area contributed by atoms with Gasteiger partial charge < -0.3 is 9.15 Å². The van der Waals surface area contributed by atoms with Crippen molar-refractivity contribution in [1.29, 1.82) is 0 Å². The average molecular weight is 398 g/mol. The van der Waals surface area contributed by atoms with E-state index in [1.165, 1.54) is 11.3 Å². The molecule has 0 saturated carbocycles. The lowest BCUT2D eigenvalue weighted by Crippen LogP contribution is -2.17. The van der Waals surface area contributed by atoms with Gasteiger partial charge in [-0.3, -0.25) is 15.1 Å². The second kappa shape index (κ2) is 8.67. The van der Waals surface area contributed by atoms with Crippen molar-refractivity contribution in [3.63, 3.8) is 0 Å². The number of carbonyl (C=O) groups excluding carboxylic acids is 1. The van der Waals surface area contributed by atoms with Gasteiger partial charge in [-0.2, -0.15) is 0 Å². The third kappa shape index (κ3) is 4.31. The molecule has 4 heterocycles. The van der Waals surface area contributed by atoms with Crippen molar-refractivity contribution in [1.82, 2.24) is 9.97 Å². The molecule has 1 amide bonds. The second-order valence-corrected chi connectivity index (χ2v) is 8.00. The van der Waals surface area contributed by atoms with Gasteiger partial charge in [0.2, 0.25) is 0 Å². The summed E-state index contributed by atoms with van der Waals surface area (Å²) >= 11 is 1.52. The fourth-order valence-electron chi connectivity index (χ4n) is 3.34. The summed E-state index contributed by atoms with van der Waals surface area (Å²) in [5.74, 6) is 1.10. The Bertz CT molecular complexity index is 930. The van der Waals surface area contributed by atoms with Crippen LogP contribution in [0.1, 0.15) is 40.6 Å². The van der Waals surface area contributed by atoms with Crippen LogP contribution in [-0.4, -0.2) is 29.1 Å². The van der Waals surface area contributed by atoms with Crippen LogP contribution in [0.25, 0.3) is 11.5 Å². The third-order valence-electron chi connectivity index (χ3n) is 4.95. The summed E-state index contributed by atoms with van der Waals surface area (Å²) in [7, 11) is 0. The highest BCUT2D eigenvalue weighted by atomic mass is 32.1. The van der Waals surface area contributed by atoms with Crippen molar-refractivity contribution < 1.29 is 13.9 Å². The van der Waals surface area contributed by atoms with E-state index >= 15 is 0 Å². The molecule has 0 radical (unpaired) electrons. The van der Waals surface area contributed by atoms with Crippen molar-refractivity contribution in [2.24, 2.45) is 5.92 Å². The zero-order chi connectivity index (χ0) is 19.3. The second-order valence-electron chi connectivity index (χ2n) is 6.92. The number of amides is 1. The molecule has 7 heteroatoms. The Balaban J connectivity index is 1.56. The highest BCUT2D eigenvalue weighted by Crippen LogP contribution is 2.35. The Morgan fingerprint density at radius 1 is 1.32 bits per heavy atom. The van der Waals surface area contributed by atoms with E-state index in [2.05, 4.69) is 15.3 Å². The maximum Gasteiger partial charge on any atom is 0.259 e. The Labute approximate surface area is 168 Å². The largest absolute Gasteiger partial charge is 0.463 e. The van der Waals surface area contributed by atoms with Crippen LogP contribution in [-0.2, 0) is 17.6 Å². The van der Waals surface area contributed by atoms with E-state index in [1.54, 1.807) is 18.7 Å². The van der Waals surface area contributed by atoms with E-state index in [0.29, 0.717) is 16.6 Å². The number of hydrogen-bond donors (Lipinski definition) is 1. The first-order valence-electron chi connectivity index (χ1n) is 9.59. The molecule has 3 aromatic rings. The molecule has 0 aliphatic carbocycles. The van der Waals surface area contributed by atoms with Crippen molar-refractivity contribution in [2.45, 2.75) is 32.6 Å². The lowest BCUT2D eigenvalue weighted by atomic mass is 9.95. The molecule has 6 nitrogen and oxygen atoms in total.